The lowest BCUT2D eigenvalue weighted by Crippen LogP contribution is -2.33. The minimum absolute atomic E-state index is 0.0141. The van der Waals surface area contributed by atoms with Crippen LogP contribution in [-0.4, -0.2) is 24.5 Å². The third-order valence-electron chi connectivity index (χ3n) is 4.03. The molecule has 7 heteroatoms. The van der Waals surface area contributed by atoms with Crippen molar-refractivity contribution in [2.45, 2.75) is 31.5 Å². The summed E-state index contributed by atoms with van der Waals surface area (Å²) in [4.78, 5) is 25.3. The maximum absolute atomic E-state index is 12.8. The van der Waals surface area contributed by atoms with Crippen LogP contribution in [0.2, 0.25) is 0 Å². The molecule has 2 heterocycles. The molecule has 2 aliphatic rings. The third-order valence-corrected chi connectivity index (χ3v) is 4.03. The number of rotatable bonds is 2. The van der Waals surface area contributed by atoms with Crippen LogP contribution in [-0.2, 0) is 20.5 Å². The standard InChI is InChI=1S/C15H14F3NO3/c16-15(17,18)9-3-1-4-10(7-9)19-13(20)8-11(14(19)21)12-5-2-6-22-12/h1,3-4,7,11-12H,2,5-6,8H2/t11-,12-/m1/s1. The molecule has 118 valence electrons. The molecule has 1 aromatic rings. The molecule has 0 bridgehead atoms. The van der Waals surface area contributed by atoms with Crippen molar-refractivity contribution >= 4 is 17.5 Å². The van der Waals surface area contributed by atoms with E-state index in [0.29, 0.717) is 13.0 Å². The molecule has 0 unspecified atom stereocenters. The molecule has 0 saturated carbocycles. The average Bonchev–Trinajstić information content (AvgIpc) is 3.06. The van der Waals surface area contributed by atoms with Crippen LogP contribution in [0.4, 0.5) is 18.9 Å². The highest BCUT2D eigenvalue weighted by Gasteiger charge is 2.45. The van der Waals surface area contributed by atoms with Gasteiger partial charge in [-0.1, -0.05) is 6.07 Å². The first-order chi connectivity index (χ1) is 10.4. The van der Waals surface area contributed by atoms with E-state index in [-0.39, 0.29) is 18.2 Å². The minimum Gasteiger partial charge on any atom is -0.377 e. The van der Waals surface area contributed by atoms with Gasteiger partial charge in [0.15, 0.2) is 0 Å². The van der Waals surface area contributed by atoms with Crippen molar-refractivity contribution in [2.75, 3.05) is 11.5 Å². The molecule has 22 heavy (non-hydrogen) atoms. The van der Waals surface area contributed by atoms with Gasteiger partial charge in [-0.25, -0.2) is 0 Å². The van der Waals surface area contributed by atoms with E-state index in [9.17, 15) is 22.8 Å². The fourth-order valence-electron chi connectivity index (χ4n) is 2.96. The number of hydrogen-bond donors (Lipinski definition) is 0. The predicted octanol–water partition coefficient (Wildman–Crippen LogP) is 2.76. The zero-order valence-corrected chi connectivity index (χ0v) is 11.6. The van der Waals surface area contributed by atoms with Crippen molar-refractivity contribution in [3.8, 4) is 0 Å². The Morgan fingerprint density at radius 2 is 2.00 bits per heavy atom. The highest BCUT2D eigenvalue weighted by molar-refractivity contribution is 6.21. The van der Waals surface area contributed by atoms with Crippen LogP contribution in [0.3, 0.4) is 0 Å². The van der Waals surface area contributed by atoms with Crippen LogP contribution in [0.15, 0.2) is 24.3 Å². The summed E-state index contributed by atoms with van der Waals surface area (Å²) in [5.41, 5.74) is -0.920. The average molecular weight is 313 g/mol. The van der Waals surface area contributed by atoms with Crippen LogP contribution < -0.4 is 4.90 Å². The Morgan fingerprint density at radius 1 is 1.23 bits per heavy atom. The highest BCUT2D eigenvalue weighted by Crippen LogP contribution is 2.36. The van der Waals surface area contributed by atoms with Gasteiger partial charge in [-0.15, -0.1) is 0 Å². The number of alkyl halides is 3. The highest BCUT2D eigenvalue weighted by atomic mass is 19.4. The van der Waals surface area contributed by atoms with Gasteiger partial charge in [-0.05, 0) is 31.0 Å². The quantitative estimate of drug-likeness (QED) is 0.789. The molecule has 3 rings (SSSR count). The normalized spacial score (nSPS) is 26.0. The molecule has 0 aliphatic carbocycles. The van der Waals surface area contributed by atoms with Crippen LogP contribution in [0, 0.1) is 5.92 Å². The van der Waals surface area contributed by atoms with E-state index in [1.165, 1.54) is 12.1 Å². The monoisotopic (exact) mass is 313 g/mol. The summed E-state index contributed by atoms with van der Waals surface area (Å²) >= 11 is 0. The fraction of sp³-hybridized carbons (Fsp3) is 0.467. The fourth-order valence-corrected chi connectivity index (χ4v) is 2.96. The Hall–Kier alpha value is -1.89. The number of imide groups is 1. The lowest BCUT2D eigenvalue weighted by atomic mass is 9.98. The number of anilines is 1. The Labute approximate surface area is 124 Å². The van der Waals surface area contributed by atoms with E-state index < -0.39 is 29.5 Å². The van der Waals surface area contributed by atoms with Crippen LogP contribution >= 0.6 is 0 Å². The third kappa shape index (κ3) is 2.61. The second-order valence-corrected chi connectivity index (χ2v) is 5.48. The molecule has 0 radical (unpaired) electrons. The first-order valence-electron chi connectivity index (χ1n) is 7.03. The number of carbonyl (C=O) groups excluding carboxylic acids is 2. The number of ether oxygens (including phenoxy) is 1. The predicted molar refractivity (Wildman–Crippen MR) is 71.0 cm³/mol. The number of carbonyl (C=O) groups is 2. The molecule has 2 atom stereocenters. The SMILES string of the molecule is O=C1C[C@H]([C@H]2CCCO2)C(=O)N1c1cccc(C(F)(F)F)c1. The van der Waals surface area contributed by atoms with Gasteiger partial charge < -0.3 is 4.74 Å². The van der Waals surface area contributed by atoms with E-state index in [4.69, 9.17) is 4.74 Å². The van der Waals surface area contributed by atoms with Gasteiger partial charge in [0, 0.05) is 13.0 Å². The molecular weight excluding hydrogens is 299 g/mol. The summed E-state index contributed by atoms with van der Waals surface area (Å²) in [6.45, 7) is 0.548. The van der Waals surface area contributed by atoms with E-state index in [2.05, 4.69) is 0 Å². The minimum atomic E-state index is -4.52. The lowest BCUT2D eigenvalue weighted by molar-refractivity contribution is -0.137. The summed E-state index contributed by atoms with van der Waals surface area (Å²) in [7, 11) is 0. The summed E-state index contributed by atoms with van der Waals surface area (Å²) in [6, 6.07) is 4.26. The molecule has 4 nitrogen and oxygen atoms in total. The summed E-state index contributed by atoms with van der Waals surface area (Å²) in [5, 5.41) is 0. The molecule has 2 saturated heterocycles. The zero-order valence-electron chi connectivity index (χ0n) is 11.6. The van der Waals surface area contributed by atoms with Gasteiger partial charge in [0.2, 0.25) is 11.8 Å². The van der Waals surface area contributed by atoms with E-state index in [1.54, 1.807) is 0 Å². The maximum atomic E-state index is 12.8. The molecule has 2 fully saturated rings. The van der Waals surface area contributed by atoms with Gasteiger partial charge in [0.1, 0.15) is 0 Å². The van der Waals surface area contributed by atoms with Crippen LogP contribution in [0.5, 0.6) is 0 Å². The van der Waals surface area contributed by atoms with Crippen molar-refractivity contribution in [1.82, 2.24) is 0 Å². The number of benzene rings is 1. The number of halogens is 3. The van der Waals surface area contributed by atoms with Crippen molar-refractivity contribution < 1.29 is 27.5 Å². The number of amides is 2. The van der Waals surface area contributed by atoms with Crippen molar-refractivity contribution in [2.24, 2.45) is 5.92 Å². The van der Waals surface area contributed by atoms with Crippen molar-refractivity contribution in [1.29, 1.82) is 0 Å². The topological polar surface area (TPSA) is 46.6 Å². The summed E-state index contributed by atoms with van der Waals surface area (Å²) in [5.74, 6) is -1.55. The maximum Gasteiger partial charge on any atom is 0.416 e. The van der Waals surface area contributed by atoms with E-state index in [1.807, 2.05) is 0 Å². The van der Waals surface area contributed by atoms with Gasteiger partial charge >= 0.3 is 6.18 Å². The van der Waals surface area contributed by atoms with Crippen molar-refractivity contribution in [3.63, 3.8) is 0 Å². The lowest BCUT2D eigenvalue weighted by Gasteiger charge is -2.18. The molecule has 2 aliphatic heterocycles. The first-order valence-corrected chi connectivity index (χ1v) is 7.03. The summed E-state index contributed by atoms with van der Waals surface area (Å²) in [6.07, 6.45) is -3.32. The second kappa shape index (κ2) is 5.39. The molecule has 0 aromatic heterocycles. The van der Waals surface area contributed by atoms with Gasteiger partial charge in [0.25, 0.3) is 0 Å². The first kappa shape index (κ1) is 15.0. The van der Waals surface area contributed by atoms with Gasteiger partial charge in [-0.2, -0.15) is 13.2 Å². The van der Waals surface area contributed by atoms with E-state index >= 15 is 0 Å². The van der Waals surface area contributed by atoms with Crippen LogP contribution in [0.1, 0.15) is 24.8 Å². The Kier molecular flexibility index (Phi) is 3.68. The molecule has 0 N–H and O–H groups in total. The molecule has 0 spiro atoms. The molecular formula is C15H14F3NO3. The smallest absolute Gasteiger partial charge is 0.377 e. The number of nitrogens with zero attached hydrogens (tertiary/aromatic N) is 1. The Morgan fingerprint density at radius 3 is 2.64 bits per heavy atom. The largest absolute Gasteiger partial charge is 0.416 e. The zero-order chi connectivity index (χ0) is 15.9. The Balaban J connectivity index is 1.88. The van der Waals surface area contributed by atoms with Gasteiger partial charge in [-0.3, -0.25) is 14.5 Å². The van der Waals surface area contributed by atoms with Crippen LogP contribution in [0.25, 0.3) is 0 Å². The van der Waals surface area contributed by atoms with Crippen molar-refractivity contribution in [3.05, 3.63) is 29.8 Å². The Bertz CT molecular complexity index is 608. The van der Waals surface area contributed by atoms with Gasteiger partial charge in [0.05, 0.1) is 23.3 Å². The molecule has 2 amide bonds. The molecule has 1 aromatic carbocycles. The number of hydrogen-bond acceptors (Lipinski definition) is 3. The second-order valence-electron chi connectivity index (χ2n) is 5.48. The summed E-state index contributed by atoms with van der Waals surface area (Å²) < 4.78 is 43.7. The van der Waals surface area contributed by atoms with E-state index in [0.717, 1.165) is 23.5 Å².